The van der Waals surface area contributed by atoms with Gasteiger partial charge in [0.05, 0.1) is 4.90 Å². The molecule has 2 heterocycles. The molecule has 0 bridgehead atoms. The lowest BCUT2D eigenvalue weighted by Crippen LogP contribution is -2.32. The predicted molar refractivity (Wildman–Crippen MR) is 84.5 cm³/mol. The van der Waals surface area contributed by atoms with Gasteiger partial charge in [0.2, 0.25) is 10.0 Å². The highest BCUT2D eigenvalue weighted by molar-refractivity contribution is 7.89. The summed E-state index contributed by atoms with van der Waals surface area (Å²) in [7, 11) is -1.51. The third-order valence-corrected chi connectivity index (χ3v) is 6.27. The van der Waals surface area contributed by atoms with Gasteiger partial charge in [-0.2, -0.15) is 4.31 Å². The Labute approximate surface area is 128 Å². The summed E-state index contributed by atoms with van der Waals surface area (Å²) in [5, 5.41) is 3.02. The molecule has 1 aromatic rings. The van der Waals surface area contributed by atoms with Gasteiger partial charge in [0.15, 0.2) is 0 Å². The summed E-state index contributed by atoms with van der Waals surface area (Å²) in [5.74, 6) is 1.26. The lowest BCUT2D eigenvalue weighted by Gasteiger charge is -2.20. The molecule has 0 radical (unpaired) electrons. The number of aromatic nitrogens is 1. The first-order valence-electron chi connectivity index (χ1n) is 7.77. The number of nitrogens with one attached hydrogen (secondary N) is 2. The molecule has 1 atom stereocenters. The van der Waals surface area contributed by atoms with Crippen LogP contribution in [0.4, 0.5) is 0 Å². The number of hydrogen-bond acceptors (Lipinski definition) is 3. The number of H-pyrrole nitrogens is 1. The second-order valence-electron chi connectivity index (χ2n) is 6.23. The van der Waals surface area contributed by atoms with Crippen molar-refractivity contribution in [1.82, 2.24) is 14.6 Å². The van der Waals surface area contributed by atoms with E-state index in [1.807, 2.05) is 7.05 Å². The summed E-state index contributed by atoms with van der Waals surface area (Å²) in [4.78, 5) is 3.41. The van der Waals surface area contributed by atoms with Crippen molar-refractivity contribution in [1.29, 1.82) is 0 Å². The normalized spacial score (nSPS) is 21.6. The Morgan fingerprint density at radius 2 is 2.14 bits per heavy atom. The summed E-state index contributed by atoms with van der Waals surface area (Å²) >= 11 is 0. The van der Waals surface area contributed by atoms with E-state index in [0.29, 0.717) is 36.4 Å². The topological polar surface area (TPSA) is 65.2 Å². The molecule has 1 fully saturated rings. The fraction of sp³-hybridized carbons (Fsp3) is 0.733. The van der Waals surface area contributed by atoms with Gasteiger partial charge in [0.25, 0.3) is 0 Å². The van der Waals surface area contributed by atoms with Crippen LogP contribution in [0.2, 0.25) is 0 Å². The summed E-state index contributed by atoms with van der Waals surface area (Å²) < 4.78 is 27.1. The van der Waals surface area contributed by atoms with Crippen molar-refractivity contribution in [2.75, 3.05) is 20.1 Å². The van der Waals surface area contributed by atoms with Crippen LogP contribution in [-0.2, 0) is 16.6 Å². The minimum atomic E-state index is -3.36. The molecule has 2 rings (SSSR count). The fourth-order valence-electron chi connectivity index (χ4n) is 3.01. The molecule has 0 spiro atoms. The minimum absolute atomic E-state index is 0.385. The second kappa shape index (κ2) is 6.94. The van der Waals surface area contributed by atoms with Gasteiger partial charge in [0, 0.05) is 31.5 Å². The molecule has 1 unspecified atom stereocenters. The van der Waals surface area contributed by atoms with Gasteiger partial charge in [-0.3, -0.25) is 0 Å². The number of nitrogens with zero attached hydrogens (tertiary/aromatic N) is 1. The van der Waals surface area contributed by atoms with Crippen LogP contribution in [0, 0.1) is 11.8 Å². The van der Waals surface area contributed by atoms with Crippen molar-refractivity contribution in [3.8, 4) is 0 Å². The van der Waals surface area contributed by atoms with Gasteiger partial charge in [-0.1, -0.05) is 13.8 Å². The van der Waals surface area contributed by atoms with Gasteiger partial charge in [-0.25, -0.2) is 8.42 Å². The van der Waals surface area contributed by atoms with Gasteiger partial charge >= 0.3 is 0 Å². The zero-order chi connectivity index (χ0) is 15.5. The highest BCUT2D eigenvalue weighted by atomic mass is 32.2. The van der Waals surface area contributed by atoms with Crippen molar-refractivity contribution in [3.05, 3.63) is 18.0 Å². The molecule has 6 heteroatoms. The highest BCUT2D eigenvalue weighted by Crippen LogP contribution is 2.27. The maximum Gasteiger partial charge on any atom is 0.244 e. The van der Waals surface area contributed by atoms with E-state index in [4.69, 9.17) is 0 Å². The lowest BCUT2D eigenvalue weighted by molar-refractivity contribution is 0.341. The Morgan fingerprint density at radius 3 is 2.81 bits per heavy atom. The first-order chi connectivity index (χ1) is 9.95. The average Bonchev–Trinajstić information content (AvgIpc) is 2.75. The van der Waals surface area contributed by atoms with Gasteiger partial charge in [-0.05, 0) is 44.2 Å². The van der Waals surface area contributed by atoms with Crippen molar-refractivity contribution < 1.29 is 8.42 Å². The number of hydrogen-bond donors (Lipinski definition) is 2. The van der Waals surface area contributed by atoms with Crippen molar-refractivity contribution in [3.63, 3.8) is 0 Å². The van der Waals surface area contributed by atoms with Crippen LogP contribution in [-0.4, -0.2) is 37.8 Å². The highest BCUT2D eigenvalue weighted by Gasteiger charge is 2.29. The third kappa shape index (κ3) is 3.87. The van der Waals surface area contributed by atoms with Gasteiger partial charge < -0.3 is 10.3 Å². The van der Waals surface area contributed by atoms with Crippen molar-refractivity contribution >= 4 is 10.0 Å². The molecule has 0 saturated carbocycles. The van der Waals surface area contributed by atoms with Crippen molar-refractivity contribution in [2.45, 2.75) is 44.6 Å². The number of sulfonamides is 1. The molecule has 0 amide bonds. The zero-order valence-electron chi connectivity index (χ0n) is 13.2. The largest absolute Gasteiger partial charge is 0.363 e. The van der Waals surface area contributed by atoms with Crippen molar-refractivity contribution in [2.24, 2.45) is 11.8 Å². The minimum Gasteiger partial charge on any atom is -0.363 e. The SMILES string of the molecule is CNCc1cc(S(=O)(=O)N2CCCC(C(C)C)CC2)c[nH]1. The van der Waals surface area contributed by atoms with E-state index in [0.717, 1.165) is 25.0 Å². The van der Waals surface area contributed by atoms with E-state index >= 15 is 0 Å². The van der Waals surface area contributed by atoms with Crippen LogP contribution in [0.3, 0.4) is 0 Å². The summed E-state index contributed by atoms with van der Waals surface area (Å²) in [6, 6.07) is 1.73. The van der Waals surface area contributed by atoms with E-state index in [1.54, 1.807) is 16.6 Å². The van der Waals surface area contributed by atoms with Crippen LogP contribution in [0.15, 0.2) is 17.2 Å². The van der Waals surface area contributed by atoms with E-state index in [1.165, 1.54) is 0 Å². The monoisotopic (exact) mass is 313 g/mol. The number of aromatic amines is 1. The van der Waals surface area contributed by atoms with E-state index in [9.17, 15) is 8.42 Å². The molecular weight excluding hydrogens is 286 g/mol. The van der Waals surface area contributed by atoms with Crippen LogP contribution in [0.5, 0.6) is 0 Å². The molecular formula is C15H27N3O2S. The molecule has 2 N–H and O–H groups in total. The number of rotatable bonds is 5. The predicted octanol–water partition coefficient (Wildman–Crippen LogP) is 2.18. The molecule has 1 aliphatic heterocycles. The maximum absolute atomic E-state index is 12.7. The van der Waals surface area contributed by atoms with E-state index < -0.39 is 10.0 Å². The van der Waals surface area contributed by atoms with Crippen LogP contribution in [0.25, 0.3) is 0 Å². The molecule has 1 saturated heterocycles. The molecule has 5 nitrogen and oxygen atoms in total. The molecule has 1 aliphatic rings. The fourth-order valence-corrected chi connectivity index (χ4v) is 4.52. The Hall–Kier alpha value is -0.850. The van der Waals surface area contributed by atoms with Crippen LogP contribution in [0.1, 0.15) is 38.8 Å². The van der Waals surface area contributed by atoms with Crippen LogP contribution < -0.4 is 5.32 Å². The third-order valence-electron chi connectivity index (χ3n) is 4.40. The quantitative estimate of drug-likeness (QED) is 0.875. The van der Waals surface area contributed by atoms with E-state index in [-0.39, 0.29) is 0 Å². The zero-order valence-corrected chi connectivity index (χ0v) is 14.0. The summed E-state index contributed by atoms with van der Waals surface area (Å²) in [6.07, 6.45) is 4.65. The van der Waals surface area contributed by atoms with Gasteiger partial charge in [0.1, 0.15) is 0 Å². The molecule has 1 aromatic heterocycles. The smallest absolute Gasteiger partial charge is 0.244 e. The molecule has 0 aromatic carbocycles. The van der Waals surface area contributed by atoms with Gasteiger partial charge in [-0.15, -0.1) is 0 Å². The Bertz CT molecular complexity index is 551. The Kier molecular flexibility index (Phi) is 5.46. The molecule has 120 valence electrons. The summed E-state index contributed by atoms with van der Waals surface area (Å²) in [5.41, 5.74) is 0.894. The first kappa shape index (κ1) is 16.5. The van der Waals surface area contributed by atoms with Crippen LogP contribution >= 0.6 is 0 Å². The maximum atomic E-state index is 12.7. The Morgan fingerprint density at radius 1 is 1.38 bits per heavy atom. The Balaban J connectivity index is 2.11. The van der Waals surface area contributed by atoms with E-state index in [2.05, 4.69) is 24.1 Å². The lowest BCUT2D eigenvalue weighted by atomic mass is 9.89. The molecule has 0 aliphatic carbocycles. The molecule has 21 heavy (non-hydrogen) atoms. The standard InChI is InChI=1S/C15H27N3O2S/c1-12(2)13-5-4-7-18(8-6-13)21(19,20)15-9-14(10-16-3)17-11-15/h9,11-13,16-17H,4-8,10H2,1-3H3. The first-order valence-corrected chi connectivity index (χ1v) is 9.21. The summed E-state index contributed by atoms with van der Waals surface area (Å²) in [6.45, 7) is 6.37. The second-order valence-corrected chi connectivity index (χ2v) is 8.17. The average molecular weight is 313 g/mol.